The van der Waals surface area contributed by atoms with Crippen molar-refractivity contribution >= 4 is 27.5 Å². The van der Waals surface area contributed by atoms with Crippen LogP contribution in [-0.2, 0) is 26.2 Å². The minimum atomic E-state index is -4.22. The number of hydrogen-bond acceptors (Lipinski definition) is 5. The van der Waals surface area contributed by atoms with E-state index in [9.17, 15) is 22.4 Å². The number of halogens is 1. The number of benzene rings is 3. The highest BCUT2D eigenvalue weighted by molar-refractivity contribution is 7.92. The Morgan fingerprint density at radius 3 is 2.32 bits per heavy atom. The topological polar surface area (TPSA) is 96.0 Å². The monoisotopic (exact) mass is 581 g/mol. The lowest BCUT2D eigenvalue weighted by molar-refractivity contribution is -0.139. The number of nitrogens with zero attached hydrogens (tertiary/aromatic N) is 2. The molecule has 1 atom stereocenters. The van der Waals surface area contributed by atoms with Crippen molar-refractivity contribution in [2.75, 3.05) is 18.0 Å². The van der Waals surface area contributed by atoms with Crippen LogP contribution in [0.1, 0.15) is 43.7 Å². The Kier molecular flexibility index (Phi) is 9.65. The quantitative estimate of drug-likeness (QED) is 0.351. The average Bonchev–Trinajstić information content (AvgIpc) is 3.48. The largest absolute Gasteiger partial charge is 0.497 e. The summed E-state index contributed by atoms with van der Waals surface area (Å²) in [6.45, 7) is 2.94. The summed E-state index contributed by atoms with van der Waals surface area (Å²) in [7, 11) is -2.68. The van der Waals surface area contributed by atoms with Gasteiger partial charge < -0.3 is 15.0 Å². The first kappa shape index (κ1) is 30.0. The zero-order valence-electron chi connectivity index (χ0n) is 23.5. The number of anilines is 1. The van der Waals surface area contributed by atoms with Crippen molar-refractivity contribution in [2.24, 2.45) is 0 Å². The molecule has 1 unspecified atom stereocenters. The number of nitrogens with one attached hydrogen (secondary N) is 1. The Hall–Kier alpha value is -3.92. The van der Waals surface area contributed by atoms with Crippen molar-refractivity contribution in [1.82, 2.24) is 10.2 Å². The molecule has 0 radical (unpaired) electrons. The van der Waals surface area contributed by atoms with E-state index in [0.29, 0.717) is 11.3 Å². The zero-order chi connectivity index (χ0) is 29.6. The molecule has 0 aromatic heterocycles. The van der Waals surface area contributed by atoms with Crippen LogP contribution in [0.25, 0.3) is 0 Å². The predicted octanol–water partition coefficient (Wildman–Crippen LogP) is 4.81. The molecule has 4 rings (SSSR count). The molecular weight excluding hydrogens is 545 g/mol. The predicted molar refractivity (Wildman–Crippen MR) is 156 cm³/mol. The maximum atomic E-state index is 14.0. The fraction of sp³-hybridized carbons (Fsp3) is 0.355. The fourth-order valence-electron chi connectivity index (χ4n) is 4.92. The Labute approximate surface area is 241 Å². The van der Waals surface area contributed by atoms with Gasteiger partial charge in [0.25, 0.3) is 10.0 Å². The third kappa shape index (κ3) is 7.43. The van der Waals surface area contributed by atoms with E-state index in [-0.39, 0.29) is 29.1 Å². The van der Waals surface area contributed by atoms with Gasteiger partial charge >= 0.3 is 0 Å². The molecule has 3 aromatic rings. The third-order valence-corrected chi connectivity index (χ3v) is 9.15. The van der Waals surface area contributed by atoms with Gasteiger partial charge in [0.05, 0.1) is 17.7 Å². The van der Waals surface area contributed by atoms with Crippen molar-refractivity contribution in [3.05, 3.63) is 89.7 Å². The minimum absolute atomic E-state index is 0.00778. The Morgan fingerprint density at radius 1 is 1.02 bits per heavy atom. The number of sulfonamides is 1. The Balaban J connectivity index is 1.68. The number of rotatable bonds is 11. The van der Waals surface area contributed by atoms with Gasteiger partial charge in [0.15, 0.2) is 0 Å². The molecular formula is C31H36FN3O5S. The first-order valence-electron chi connectivity index (χ1n) is 13.7. The highest BCUT2D eigenvalue weighted by Gasteiger charge is 2.33. The fourth-order valence-corrected chi connectivity index (χ4v) is 6.33. The van der Waals surface area contributed by atoms with Crippen LogP contribution in [0.2, 0.25) is 0 Å². The van der Waals surface area contributed by atoms with Crippen molar-refractivity contribution < 1.29 is 27.1 Å². The molecule has 41 heavy (non-hydrogen) atoms. The number of amides is 2. The molecule has 0 aliphatic heterocycles. The van der Waals surface area contributed by atoms with Crippen LogP contribution in [-0.4, -0.2) is 50.9 Å². The SMILES string of the molecule is COc1cccc(CN(C(=O)CN(c2ccc(F)cc2)S(=O)(=O)c2ccc(C)cc2)C(C)C(=O)NC2CCCC2)c1. The first-order valence-corrected chi connectivity index (χ1v) is 15.1. The van der Waals surface area contributed by atoms with Gasteiger partial charge in [-0.05, 0) is 80.8 Å². The van der Waals surface area contributed by atoms with E-state index in [1.165, 1.54) is 36.3 Å². The molecule has 218 valence electrons. The summed E-state index contributed by atoms with van der Waals surface area (Å²) in [4.78, 5) is 28.7. The van der Waals surface area contributed by atoms with Crippen LogP contribution in [0.3, 0.4) is 0 Å². The first-order chi connectivity index (χ1) is 19.6. The van der Waals surface area contributed by atoms with Gasteiger partial charge in [-0.3, -0.25) is 13.9 Å². The highest BCUT2D eigenvalue weighted by Crippen LogP contribution is 2.26. The zero-order valence-corrected chi connectivity index (χ0v) is 24.4. The minimum Gasteiger partial charge on any atom is -0.497 e. The number of aryl methyl sites for hydroxylation is 1. The van der Waals surface area contributed by atoms with Crippen molar-refractivity contribution in [2.45, 2.75) is 63.1 Å². The molecule has 3 aromatic carbocycles. The van der Waals surface area contributed by atoms with Crippen LogP contribution >= 0.6 is 0 Å². The molecule has 0 spiro atoms. The molecule has 10 heteroatoms. The van der Waals surface area contributed by atoms with Gasteiger partial charge in [-0.15, -0.1) is 0 Å². The average molecular weight is 582 g/mol. The van der Waals surface area contributed by atoms with Gasteiger partial charge in [-0.2, -0.15) is 0 Å². The van der Waals surface area contributed by atoms with Crippen molar-refractivity contribution in [1.29, 1.82) is 0 Å². The second kappa shape index (κ2) is 13.2. The Morgan fingerprint density at radius 2 is 1.68 bits per heavy atom. The van der Waals surface area contributed by atoms with E-state index in [0.717, 1.165) is 47.7 Å². The normalized spacial score (nSPS) is 14.3. The van der Waals surface area contributed by atoms with Gasteiger partial charge in [0.1, 0.15) is 24.2 Å². The van der Waals surface area contributed by atoms with Crippen molar-refractivity contribution in [3.63, 3.8) is 0 Å². The highest BCUT2D eigenvalue weighted by atomic mass is 32.2. The molecule has 1 N–H and O–H groups in total. The summed E-state index contributed by atoms with van der Waals surface area (Å²) in [5.74, 6) is -0.831. The standard InChI is InChI=1S/C31H36FN3O5S/c1-22-11-17-29(18-12-22)41(38,39)35(27-15-13-25(32)14-16-27)21-30(36)34(20-24-7-6-10-28(19-24)40-3)23(2)31(37)33-26-8-4-5-9-26/h6-7,10-19,23,26H,4-5,8-9,20-21H2,1-3H3,(H,33,37). The van der Waals surface area contributed by atoms with Gasteiger partial charge in [0.2, 0.25) is 11.8 Å². The molecule has 1 saturated carbocycles. The van der Waals surface area contributed by atoms with E-state index in [1.54, 1.807) is 37.3 Å². The summed E-state index contributed by atoms with van der Waals surface area (Å²) < 4.78 is 47.7. The van der Waals surface area contributed by atoms with E-state index in [1.807, 2.05) is 13.0 Å². The van der Waals surface area contributed by atoms with Crippen molar-refractivity contribution in [3.8, 4) is 5.75 Å². The number of hydrogen-bond donors (Lipinski definition) is 1. The smallest absolute Gasteiger partial charge is 0.264 e. The lowest BCUT2D eigenvalue weighted by atomic mass is 10.1. The summed E-state index contributed by atoms with van der Waals surface area (Å²) in [6.07, 6.45) is 3.84. The molecule has 1 aliphatic carbocycles. The molecule has 0 saturated heterocycles. The van der Waals surface area contributed by atoms with Gasteiger partial charge in [0, 0.05) is 12.6 Å². The maximum absolute atomic E-state index is 14.0. The van der Waals surface area contributed by atoms with E-state index in [4.69, 9.17) is 4.74 Å². The lowest BCUT2D eigenvalue weighted by Gasteiger charge is -2.32. The summed E-state index contributed by atoms with van der Waals surface area (Å²) in [6, 6.07) is 17.5. The van der Waals surface area contributed by atoms with E-state index in [2.05, 4.69) is 5.32 Å². The molecule has 2 amide bonds. The second-order valence-electron chi connectivity index (χ2n) is 10.3. The van der Waals surface area contributed by atoms with Crippen LogP contribution < -0.4 is 14.4 Å². The molecule has 1 aliphatic rings. The molecule has 1 fully saturated rings. The Bertz CT molecular complexity index is 1460. The lowest BCUT2D eigenvalue weighted by Crippen LogP contribution is -2.52. The third-order valence-electron chi connectivity index (χ3n) is 7.36. The maximum Gasteiger partial charge on any atom is 0.264 e. The molecule has 0 heterocycles. The second-order valence-corrected chi connectivity index (χ2v) is 12.2. The van der Waals surface area contributed by atoms with Crippen LogP contribution in [0, 0.1) is 12.7 Å². The number of carbonyl (C=O) groups is 2. The van der Waals surface area contributed by atoms with E-state index < -0.39 is 34.3 Å². The molecule has 0 bridgehead atoms. The summed E-state index contributed by atoms with van der Waals surface area (Å²) in [5, 5.41) is 3.04. The van der Waals surface area contributed by atoms with Crippen LogP contribution in [0.4, 0.5) is 10.1 Å². The number of ether oxygens (including phenoxy) is 1. The van der Waals surface area contributed by atoms with Crippen LogP contribution in [0.15, 0.2) is 77.7 Å². The van der Waals surface area contributed by atoms with Gasteiger partial charge in [-0.1, -0.05) is 42.7 Å². The van der Waals surface area contributed by atoms with Gasteiger partial charge in [-0.25, -0.2) is 12.8 Å². The number of carbonyl (C=O) groups excluding carboxylic acids is 2. The summed E-state index contributed by atoms with van der Waals surface area (Å²) in [5.41, 5.74) is 1.72. The van der Waals surface area contributed by atoms with Crippen LogP contribution in [0.5, 0.6) is 5.75 Å². The molecule has 8 nitrogen and oxygen atoms in total. The number of methoxy groups -OCH3 is 1. The summed E-state index contributed by atoms with van der Waals surface area (Å²) >= 11 is 0. The van der Waals surface area contributed by atoms with E-state index >= 15 is 0 Å².